The second-order valence-corrected chi connectivity index (χ2v) is 4.25. The highest BCUT2D eigenvalue weighted by Gasteiger charge is 2.21. The molecule has 0 radical (unpaired) electrons. The summed E-state index contributed by atoms with van der Waals surface area (Å²) in [6.07, 6.45) is 1.68. The second-order valence-electron chi connectivity index (χ2n) is 4.25. The minimum absolute atomic E-state index is 0.155. The summed E-state index contributed by atoms with van der Waals surface area (Å²) in [6.45, 7) is 2.87. The first kappa shape index (κ1) is 10.8. The molecule has 0 spiro atoms. The Labute approximate surface area is 96.3 Å². The average molecular weight is 213 g/mol. The van der Waals surface area contributed by atoms with E-state index in [0.717, 1.165) is 18.5 Å². The molecule has 1 amide bonds. The molecule has 1 aliphatic heterocycles. The van der Waals surface area contributed by atoms with Crippen LogP contribution in [0.25, 0.3) is 0 Å². The van der Waals surface area contributed by atoms with Gasteiger partial charge in [0.2, 0.25) is 5.91 Å². The number of rotatable bonds is 0. The lowest BCUT2D eigenvalue weighted by molar-refractivity contribution is -0.131. The Morgan fingerprint density at radius 3 is 2.75 bits per heavy atom. The van der Waals surface area contributed by atoms with Gasteiger partial charge in [0.25, 0.3) is 0 Å². The molecule has 1 atom stereocenters. The highest BCUT2D eigenvalue weighted by molar-refractivity contribution is 5.79. The third kappa shape index (κ3) is 2.64. The SMILES string of the molecule is CC1CCN(C#Cc2ccccc2)C(=O)C1. The Bertz CT molecular complexity index is 427. The smallest absolute Gasteiger partial charge is 0.234 e. The summed E-state index contributed by atoms with van der Waals surface area (Å²) < 4.78 is 0. The third-order valence-corrected chi connectivity index (χ3v) is 2.78. The van der Waals surface area contributed by atoms with Gasteiger partial charge in [0.15, 0.2) is 0 Å². The highest BCUT2D eigenvalue weighted by atomic mass is 16.2. The van der Waals surface area contributed by atoms with Crippen molar-refractivity contribution in [1.82, 2.24) is 4.90 Å². The van der Waals surface area contributed by atoms with Crippen molar-refractivity contribution in [2.24, 2.45) is 5.92 Å². The highest BCUT2D eigenvalue weighted by Crippen LogP contribution is 2.16. The number of hydrogen-bond donors (Lipinski definition) is 0. The van der Waals surface area contributed by atoms with Gasteiger partial charge in [-0.2, -0.15) is 0 Å². The van der Waals surface area contributed by atoms with E-state index in [1.165, 1.54) is 0 Å². The monoisotopic (exact) mass is 213 g/mol. The van der Waals surface area contributed by atoms with E-state index in [4.69, 9.17) is 0 Å². The summed E-state index contributed by atoms with van der Waals surface area (Å²) in [4.78, 5) is 13.3. The lowest BCUT2D eigenvalue weighted by atomic mass is 9.99. The molecule has 1 heterocycles. The van der Waals surface area contributed by atoms with Crippen LogP contribution in [0.5, 0.6) is 0 Å². The van der Waals surface area contributed by atoms with Crippen LogP contribution in [0.2, 0.25) is 0 Å². The number of likely N-dealkylation sites (tertiary alicyclic amines) is 1. The number of hydrogen-bond acceptors (Lipinski definition) is 1. The van der Waals surface area contributed by atoms with Crippen LogP contribution in [0.3, 0.4) is 0 Å². The number of nitrogens with zero attached hydrogens (tertiary/aromatic N) is 1. The predicted octanol–water partition coefficient (Wildman–Crippen LogP) is 2.25. The van der Waals surface area contributed by atoms with E-state index >= 15 is 0 Å². The number of carbonyl (C=O) groups is 1. The molecule has 0 N–H and O–H groups in total. The van der Waals surface area contributed by atoms with Gasteiger partial charge in [-0.15, -0.1) is 0 Å². The summed E-state index contributed by atoms with van der Waals surface area (Å²) in [5.41, 5.74) is 0.953. The minimum Gasteiger partial charge on any atom is -0.274 e. The number of amides is 1. The number of benzene rings is 1. The van der Waals surface area contributed by atoms with Crippen LogP contribution in [-0.2, 0) is 4.79 Å². The molecule has 1 fully saturated rings. The van der Waals surface area contributed by atoms with Crippen molar-refractivity contribution >= 4 is 5.91 Å². The summed E-state index contributed by atoms with van der Waals surface area (Å²) in [6, 6.07) is 12.7. The molecule has 1 aromatic rings. The Kier molecular flexibility index (Phi) is 3.26. The van der Waals surface area contributed by atoms with Crippen LogP contribution in [0.1, 0.15) is 25.3 Å². The maximum Gasteiger partial charge on any atom is 0.234 e. The summed E-state index contributed by atoms with van der Waals surface area (Å²) in [5, 5.41) is 0. The lowest BCUT2D eigenvalue weighted by Gasteiger charge is -2.24. The van der Waals surface area contributed by atoms with E-state index in [-0.39, 0.29) is 5.91 Å². The van der Waals surface area contributed by atoms with E-state index in [9.17, 15) is 4.79 Å². The Morgan fingerprint density at radius 1 is 1.31 bits per heavy atom. The van der Waals surface area contributed by atoms with Gasteiger partial charge in [0.05, 0.1) is 0 Å². The first-order valence-electron chi connectivity index (χ1n) is 5.63. The fraction of sp³-hybridized carbons (Fsp3) is 0.357. The van der Waals surface area contributed by atoms with Gasteiger partial charge in [-0.3, -0.25) is 9.69 Å². The van der Waals surface area contributed by atoms with Crippen molar-refractivity contribution in [3.05, 3.63) is 35.9 Å². The molecule has 0 saturated carbocycles. The van der Waals surface area contributed by atoms with Gasteiger partial charge >= 0.3 is 0 Å². The first-order chi connectivity index (χ1) is 7.75. The third-order valence-electron chi connectivity index (χ3n) is 2.78. The molecular formula is C14H15NO. The van der Waals surface area contributed by atoms with E-state index in [1.54, 1.807) is 4.90 Å². The average Bonchev–Trinajstić information content (AvgIpc) is 2.29. The maximum atomic E-state index is 11.6. The predicted molar refractivity (Wildman–Crippen MR) is 63.4 cm³/mol. The maximum absolute atomic E-state index is 11.6. The van der Waals surface area contributed by atoms with E-state index in [1.807, 2.05) is 30.3 Å². The zero-order chi connectivity index (χ0) is 11.4. The molecule has 2 nitrogen and oxygen atoms in total. The van der Waals surface area contributed by atoms with Crippen molar-refractivity contribution in [3.63, 3.8) is 0 Å². The largest absolute Gasteiger partial charge is 0.274 e. The van der Waals surface area contributed by atoms with Gasteiger partial charge in [-0.1, -0.05) is 25.1 Å². The molecular weight excluding hydrogens is 198 g/mol. The molecule has 0 bridgehead atoms. The van der Waals surface area contributed by atoms with Gasteiger partial charge < -0.3 is 0 Å². The van der Waals surface area contributed by atoms with Crippen molar-refractivity contribution < 1.29 is 4.79 Å². The van der Waals surface area contributed by atoms with Crippen molar-refractivity contribution in [1.29, 1.82) is 0 Å². The van der Waals surface area contributed by atoms with Gasteiger partial charge in [0.1, 0.15) is 0 Å². The molecule has 1 aromatic carbocycles. The molecule has 0 aromatic heterocycles. The second kappa shape index (κ2) is 4.85. The fourth-order valence-electron chi connectivity index (χ4n) is 1.76. The molecule has 1 saturated heterocycles. The molecule has 16 heavy (non-hydrogen) atoms. The minimum atomic E-state index is 0.155. The first-order valence-corrected chi connectivity index (χ1v) is 5.63. The number of piperidine rings is 1. The Balaban J connectivity index is 2.05. The van der Waals surface area contributed by atoms with Crippen LogP contribution in [-0.4, -0.2) is 17.4 Å². The summed E-state index contributed by atoms with van der Waals surface area (Å²) in [5.74, 6) is 3.67. The number of carbonyl (C=O) groups excluding carboxylic acids is 1. The van der Waals surface area contributed by atoms with Gasteiger partial charge in [0, 0.05) is 24.6 Å². The molecule has 0 aliphatic carbocycles. The Morgan fingerprint density at radius 2 is 2.06 bits per heavy atom. The van der Waals surface area contributed by atoms with Crippen molar-refractivity contribution in [2.75, 3.05) is 6.54 Å². The van der Waals surface area contributed by atoms with Crippen LogP contribution in [0.15, 0.2) is 30.3 Å². The zero-order valence-corrected chi connectivity index (χ0v) is 9.44. The van der Waals surface area contributed by atoms with Crippen LogP contribution in [0, 0.1) is 17.9 Å². The molecule has 2 rings (SSSR count). The van der Waals surface area contributed by atoms with Gasteiger partial charge in [-0.05, 0) is 30.4 Å². The topological polar surface area (TPSA) is 20.3 Å². The molecule has 82 valence electrons. The molecule has 1 unspecified atom stereocenters. The van der Waals surface area contributed by atoms with E-state index < -0.39 is 0 Å². The van der Waals surface area contributed by atoms with Crippen LogP contribution >= 0.6 is 0 Å². The van der Waals surface area contributed by atoms with Gasteiger partial charge in [-0.25, -0.2) is 0 Å². The van der Waals surface area contributed by atoms with Crippen molar-refractivity contribution in [2.45, 2.75) is 19.8 Å². The van der Waals surface area contributed by atoms with E-state index in [0.29, 0.717) is 12.3 Å². The Hall–Kier alpha value is -1.75. The summed E-state index contributed by atoms with van der Waals surface area (Å²) >= 11 is 0. The standard InChI is InChI=1S/C14H15NO/c1-12-7-9-15(14(16)11-12)10-8-13-5-3-2-4-6-13/h2-6,12H,7,9,11H2,1H3. The van der Waals surface area contributed by atoms with E-state index in [2.05, 4.69) is 18.9 Å². The zero-order valence-electron chi connectivity index (χ0n) is 9.44. The fourth-order valence-corrected chi connectivity index (χ4v) is 1.76. The quantitative estimate of drug-likeness (QED) is 0.605. The van der Waals surface area contributed by atoms with Crippen LogP contribution < -0.4 is 0 Å². The molecule has 1 aliphatic rings. The van der Waals surface area contributed by atoms with Crippen molar-refractivity contribution in [3.8, 4) is 12.0 Å². The lowest BCUT2D eigenvalue weighted by Crippen LogP contribution is -2.34. The summed E-state index contributed by atoms with van der Waals surface area (Å²) in [7, 11) is 0. The normalized spacial score (nSPS) is 20.2. The molecule has 2 heteroatoms. The van der Waals surface area contributed by atoms with Crippen LogP contribution in [0.4, 0.5) is 0 Å².